The molecule has 0 aromatic carbocycles. The Morgan fingerprint density at radius 3 is 2.08 bits per heavy atom. The van der Waals surface area contributed by atoms with E-state index >= 15 is 0 Å². The number of hydrogen-bond donors (Lipinski definition) is 0. The SMILES string of the molecule is COC(OC)(OC)c1ccsc1. The van der Waals surface area contributed by atoms with Crippen molar-refractivity contribution in [2.75, 3.05) is 21.3 Å². The van der Waals surface area contributed by atoms with Gasteiger partial charge in [0.15, 0.2) is 0 Å². The molecule has 0 aliphatic rings. The molecular formula is C8H12O3S. The van der Waals surface area contributed by atoms with Crippen LogP contribution >= 0.6 is 11.3 Å². The predicted octanol–water partition coefficient (Wildman–Crippen LogP) is 1.80. The second kappa shape index (κ2) is 4.00. The summed E-state index contributed by atoms with van der Waals surface area (Å²) >= 11 is 1.57. The minimum absolute atomic E-state index is 0.875. The Labute approximate surface area is 75.9 Å². The summed E-state index contributed by atoms with van der Waals surface area (Å²) in [6.07, 6.45) is 0. The maximum absolute atomic E-state index is 5.14. The molecule has 0 saturated carbocycles. The van der Waals surface area contributed by atoms with Crippen molar-refractivity contribution in [2.45, 2.75) is 5.97 Å². The molecule has 0 radical (unpaired) electrons. The second-order valence-electron chi connectivity index (χ2n) is 2.18. The normalized spacial score (nSPS) is 11.9. The minimum atomic E-state index is -1.04. The molecule has 0 saturated heterocycles. The number of methoxy groups -OCH3 is 3. The van der Waals surface area contributed by atoms with Gasteiger partial charge in [-0.1, -0.05) is 0 Å². The minimum Gasteiger partial charge on any atom is -0.327 e. The molecule has 1 aromatic heterocycles. The third-order valence-electron chi connectivity index (χ3n) is 1.68. The van der Waals surface area contributed by atoms with Crippen LogP contribution in [0.4, 0.5) is 0 Å². The molecule has 0 amide bonds. The zero-order valence-electron chi connectivity index (χ0n) is 7.37. The molecule has 68 valence electrons. The van der Waals surface area contributed by atoms with Crippen molar-refractivity contribution in [1.29, 1.82) is 0 Å². The van der Waals surface area contributed by atoms with Crippen LogP contribution in [0, 0.1) is 0 Å². The van der Waals surface area contributed by atoms with E-state index in [1.807, 2.05) is 16.8 Å². The summed E-state index contributed by atoms with van der Waals surface area (Å²) in [4.78, 5) is 0. The van der Waals surface area contributed by atoms with Gasteiger partial charge in [0.05, 0.1) is 5.56 Å². The highest BCUT2D eigenvalue weighted by Crippen LogP contribution is 2.28. The standard InChI is InChI=1S/C8H12O3S/c1-9-8(10-2,11-3)7-4-5-12-6-7/h4-6H,1-3H3. The topological polar surface area (TPSA) is 27.7 Å². The molecule has 0 N–H and O–H groups in total. The van der Waals surface area contributed by atoms with Crippen molar-refractivity contribution in [3.05, 3.63) is 22.4 Å². The molecule has 4 heteroatoms. The molecule has 12 heavy (non-hydrogen) atoms. The molecule has 0 unspecified atom stereocenters. The van der Waals surface area contributed by atoms with Crippen LogP contribution in [0.5, 0.6) is 0 Å². The Morgan fingerprint density at radius 2 is 1.75 bits per heavy atom. The highest BCUT2D eigenvalue weighted by atomic mass is 32.1. The number of thiophene rings is 1. The molecule has 0 spiro atoms. The fourth-order valence-electron chi connectivity index (χ4n) is 1.04. The fourth-order valence-corrected chi connectivity index (χ4v) is 1.72. The Balaban J connectivity index is 2.93. The van der Waals surface area contributed by atoms with Gasteiger partial charge in [-0.25, -0.2) is 0 Å². The van der Waals surface area contributed by atoms with E-state index in [0.29, 0.717) is 0 Å². The van der Waals surface area contributed by atoms with Crippen molar-refractivity contribution in [1.82, 2.24) is 0 Å². The highest BCUT2D eigenvalue weighted by Gasteiger charge is 2.32. The number of rotatable bonds is 4. The van der Waals surface area contributed by atoms with Gasteiger partial charge in [-0.05, 0) is 11.4 Å². The summed E-state index contributed by atoms with van der Waals surface area (Å²) < 4.78 is 15.4. The average Bonchev–Trinajstić information content (AvgIpc) is 2.62. The maximum atomic E-state index is 5.14. The van der Waals surface area contributed by atoms with Gasteiger partial charge in [0.1, 0.15) is 0 Å². The van der Waals surface area contributed by atoms with Crippen LogP contribution in [0.15, 0.2) is 16.8 Å². The summed E-state index contributed by atoms with van der Waals surface area (Å²) in [7, 11) is 4.64. The van der Waals surface area contributed by atoms with Crippen LogP contribution < -0.4 is 0 Å². The van der Waals surface area contributed by atoms with Crippen LogP contribution in [0.1, 0.15) is 5.56 Å². The van der Waals surface area contributed by atoms with Gasteiger partial charge in [-0.15, -0.1) is 0 Å². The van der Waals surface area contributed by atoms with Gasteiger partial charge in [0.25, 0.3) is 0 Å². The van der Waals surface area contributed by atoms with Crippen LogP contribution in [0.3, 0.4) is 0 Å². The fraction of sp³-hybridized carbons (Fsp3) is 0.500. The number of ether oxygens (including phenoxy) is 3. The summed E-state index contributed by atoms with van der Waals surface area (Å²) in [5.74, 6) is -1.04. The Kier molecular flexibility index (Phi) is 3.22. The van der Waals surface area contributed by atoms with Crippen molar-refractivity contribution >= 4 is 11.3 Å². The first-order valence-corrected chi connectivity index (χ1v) is 4.41. The monoisotopic (exact) mass is 188 g/mol. The predicted molar refractivity (Wildman–Crippen MR) is 47.0 cm³/mol. The number of hydrogen-bond acceptors (Lipinski definition) is 4. The highest BCUT2D eigenvalue weighted by molar-refractivity contribution is 7.07. The van der Waals surface area contributed by atoms with Crippen molar-refractivity contribution < 1.29 is 14.2 Å². The van der Waals surface area contributed by atoms with Crippen molar-refractivity contribution in [3.8, 4) is 0 Å². The van der Waals surface area contributed by atoms with Gasteiger partial charge in [-0.2, -0.15) is 11.3 Å². The van der Waals surface area contributed by atoms with E-state index in [4.69, 9.17) is 14.2 Å². The molecule has 0 aliphatic heterocycles. The van der Waals surface area contributed by atoms with E-state index in [0.717, 1.165) is 5.56 Å². The lowest BCUT2D eigenvalue weighted by Gasteiger charge is -2.27. The third kappa shape index (κ3) is 1.51. The quantitative estimate of drug-likeness (QED) is 0.674. The molecule has 1 aromatic rings. The molecule has 0 fully saturated rings. The Bertz CT molecular complexity index is 208. The van der Waals surface area contributed by atoms with Gasteiger partial charge in [-0.3, -0.25) is 0 Å². The molecule has 1 rings (SSSR count). The lowest BCUT2D eigenvalue weighted by atomic mass is 10.3. The van der Waals surface area contributed by atoms with Crippen LogP contribution in [-0.4, -0.2) is 21.3 Å². The average molecular weight is 188 g/mol. The van der Waals surface area contributed by atoms with E-state index in [1.165, 1.54) is 0 Å². The summed E-state index contributed by atoms with van der Waals surface area (Å²) in [6, 6.07) is 1.90. The first kappa shape index (κ1) is 9.67. The zero-order chi connectivity index (χ0) is 9.03. The summed E-state index contributed by atoms with van der Waals surface area (Å²) in [5.41, 5.74) is 0.875. The molecule has 1 heterocycles. The molecule has 0 aliphatic carbocycles. The van der Waals surface area contributed by atoms with Gasteiger partial charge in [0, 0.05) is 26.7 Å². The first-order valence-electron chi connectivity index (χ1n) is 3.47. The Morgan fingerprint density at radius 1 is 1.17 bits per heavy atom. The largest absolute Gasteiger partial charge is 0.327 e. The van der Waals surface area contributed by atoms with Crippen LogP contribution in [0.2, 0.25) is 0 Å². The zero-order valence-corrected chi connectivity index (χ0v) is 8.18. The van der Waals surface area contributed by atoms with E-state index < -0.39 is 5.97 Å². The Hall–Kier alpha value is -0.420. The van der Waals surface area contributed by atoms with Gasteiger partial charge >= 0.3 is 5.97 Å². The van der Waals surface area contributed by atoms with Gasteiger partial charge < -0.3 is 14.2 Å². The maximum Gasteiger partial charge on any atom is 0.312 e. The lowest BCUT2D eigenvalue weighted by Crippen LogP contribution is -2.32. The molecule has 3 nitrogen and oxygen atoms in total. The van der Waals surface area contributed by atoms with E-state index in [9.17, 15) is 0 Å². The summed E-state index contributed by atoms with van der Waals surface area (Å²) in [5, 5.41) is 3.87. The third-order valence-corrected chi connectivity index (χ3v) is 2.36. The first-order chi connectivity index (χ1) is 5.79. The molecule has 0 bridgehead atoms. The van der Waals surface area contributed by atoms with Gasteiger partial charge in [0.2, 0.25) is 0 Å². The molecular weight excluding hydrogens is 176 g/mol. The van der Waals surface area contributed by atoms with Crippen LogP contribution in [-0.2, 0) is 20.2 Å². The van der Waals surface area contributed by atoms with E-state index in [1.54, 1.807) is 32.7 Å². The smallest absolute Gasteiger partial charge is 0.312 e. The van der Waals surface area contributed by atoms with E-state index in [-0.39, 0.29) is 0 Å². The van der Waals surface area contributed by atoms with E-state index in [2.05, 4.69) is 0 Å². The van der Waals surface area contributed by atoms with Crippen LogP contribution in [0.25, 0.3) is 0 Å². The van der Waals surface area contributed by atoms with Crippen molar-refractivity contribution in [2.24, 2.45) is 0 Å². The second-order valence-corrected chi connectivity index (χ2v) is 2.96. The summed E-state index contributed by atoms with van der Waals surface area (Å²) in [6.45, 7) is 0. The lowest BCUT2D eigenvalue weighted by molar-refractivity contribution is -0.364. The van der Waals surface area contributed by atoms with Crippen molar-refractivity contribution in [3.63, 3.8) is 0 Å². The molecule has 0 atom stereocenters.